The first-order valence-corrected chi connectivity index (χ1v) is 8.28. The Morgan fingerprint density at radius 3 is 2.77 bits per heavy atom. The number of carbonyl (C=O) groups is 2. The molecule has 2 aromatic heterocycles. The summed E-state index contributed by atoms with van der Waals surface area (Å²) in [4.78, 5) is 34.2. The van der Waals surface area contributed by atoms with Crippen molar-refractivity contribution in [1.82, 2.24) is 14.5 Å². The van der Waals surface area contributed by atoms with Crippen molar-refractivity contribution in [2.75, 3.05) is 16.8 Å². The molecule has 3 aromatic rings. The normalized spacial score (nSPS) is 12.7. The van der Waals surface area contributed by atoms with E-state index in [4.69, 9.17) is 0 Å². The quantitative estimate of drug-likeness (QED) is 0.789. The molecule has 26 heavy (non-hydrogen) atoms. The van der Waals surface area contributed by atoms with Crippen LogP contribution < -0.4 is 10.2 Å². The van der Waals surface area contributed by atoms with E-state index in [1.807, 2.05) is 18.2 Å². The summed E-state index contributed by atoms with van der Waals surface area (Å²) in [5.74, 6) is 0.540. The molecule has 0 radical (unpaired) electrons. The van der Waals surface area contributed by atoms with Crippen molar-refractivity contribution in [1.29, 1.82) is 0 Å². The fraction of sp³-hybridized carbons (Fsp3) is 0.158. The smallest absolute Gasteiger partial charge is 0.255 e. The maximum absolute atomic E-state index is 12.5. The van der Waals surface area contributed by atoms with E-state index in [1.54, 1.807) is 53.4 Å². The minimum atomic E-state index is -0.203. The summed E-state index contributed by atoms with van der Waals surface area (Å²) in [5.41, 5.74) is 3.08. The molecule has 0 spiro atoms. The van der Waals surface area contributed by atoms with E-state index in [-0.39, 0.29) is 11.8 Å². The van der Waals surface area contributed by atoms with E-state index >= 15 is 0 Å². The number of hydrogen-bond acceptors (Lipinski definition) is 4. The standard InChI is InChI=1S/C19H17N5O2/c1-13(25)24-8-6-14-10-15(2-4-17(14)24)19(26)22-16-3-5-18(21-11-16)23-9-7-20-12-23/h2-5,7,9-12H,6,8H2,1H3,(H,22,26). The number of pyridine rings is 1. The van der Waals surface area contributed by atoms with Gasteiger partial charge in [0.25, 0.3) is 5.91 Å². The highest BCUT2D eigenvalue weighted by Gasteiger charge is 2.23. The van der Waals surface area contributed by atoms with Gasteiger partial charge in [0.05, 0.1) is 11.9 Å². The van der Waals surface area contributed by atoms with Crippen molar-refractivity contribution in [2.24, 2.45) is 0 Å². The number of amides is 2. The number of benzene rings is 1. The van der Waals surface area contributed by atoms with Gasteiger partial charge in [0.15, 0.2) is 0 Å². The first kappa shape index (κ1) is 16.0. The lowest BCUT2D eigenvalue weighted by Crippen LogP contribution is -2.25. The molecular weight excluding hydrogens is 330 g/mol. The van der Waals surface area contributed by atoms with Crippen LogP contribution in [-0.2, 0) is 11.2 Å². The highest BCUT2D eigenvalue weighted by Crippen LogP contribution is 2.29. The van der Waals surface area contributed by atoms with Crippen LogP contribution in [0.25, 0.3) is 5.82 Å². The van der Waals surface area contributed by atoms with Gasteiger partial charge in [-0.2, -0.15) is 0 Å². The van der Waals surface area contributed by atoms with Crippen molar-refractivity contribution in [3.05, 3.63) is 66.4 Å². The fourth-order valence-electron chi connectivity index (χ4n) is 3.08. The Labute approximate surface area is 150 Å². The Kier molecular flexibility index (Phi) is 3.96. The molecular formula is C19H17N5O2. The highest BCUT2D eigenvalue weighted by atomic mass is 16.2. The van der Waals surface area contributed by atoms with Crippen LogP contribution in [0.4, 0.5) is 11.4 Å². The Morgan fingerprint density at radius 1 is 1.19 bits per heavy atom. The predicted octanol–water partition coefficient (Wildman–Crippen LogP) is 2.43. The highest BCUT2D eigenvalue weighted by molar-refractivity contribution is 6.05. The number of hydrogen-bond donors (Lipinski definition) is 1. The molecule has 0 saturated carbocycles. The minimum Gasteiger partial charge on any atom is -0.321 e. The van der Waals surface area contributed by atoms with Gasteiger partial charge in [-0.15, -0.1) is 0 Å². The molecule has 7 heteroatoms. The van der Waals surface area contributed by atoms with Crippen LogP contribution in [0.15, 0.2) is 55.2 Å². The van der Waals surface area contributed by atoms with Gasteiger partial charge < -0.3 is 10.2 Å². The summed E-state index contributed by atoms with van der Waals surface area (Å²) in [5, 5.41) is 2.85. The number of carbonyl (C=O) groups excluding carboxylic acids is 2. The summed E-state index contributed by atoms with van der Waals surface area (Å²) in [6.45, 7) is 2.21. The van der Waals surface area contributed by atoms with Gasteiger partial charge in [0.1, 0.15) is 12.1 Å². The predicted molar refractivity (Wildman–Crippen MR) is 97.5 cm³/mol. The summed E-state index contributed by atoms with van der Waals surface area (Å²) in [7, 11) is 0. The van der Waals surface area contributed by atoms with Crippen LogP contribution in [0.2, 0.25) is 0 Å². The molecule has 1 aliphatic rings. The third-order valence-electron chi connectivity index (χ3n) is 4.39. The zero-order valence-electron chi connectivity index (χ0n) is 14.2. The summed E-state index contributed by atoms with van der Waals surface area (Å²) < 4.78 is 1.78. The first-order valence-electron chi connectivity index (χ1n) is 8.28. The molecule has 0 saturated heterocycles. The van der Waals surface area contributed by atoms with Gasteiger partial charge >= 0.3 is 0 Å². The van der Waals surface area contributed by atoms with E-state index in [0.29, 0.717) is 17.8 Å². The average molecular weight is 347 g/mol. The van der Waals surface area contributed by atoms with Crippen LogP contribution in [0.1, 0.15) is 22.8 Å². The number of imidazole rings is 1. The third-order valence-corrected chi connectivity index (χ3v) is 4.39. The lowest BCUT2D eigenvalue weighted by atomic mass is 10.1. The summed E-state index contributed by atoms with van der Waals surface area (Å²) in [6, 6.07) is 9.03. The number of anilines is 2. The van der Waals surface area contributed by atoms with Gasteiger partial charge in [-0.05, 0) is 42.3 Å². The maximum atomic E-state index is 12.5. The zero-order valence-corrected chi connectivity index (χ0v) is 14.2. The van der Waals surface area contributed by atoms with Gasteiger partial charge in [0, 0.05) is 37.1 Å². The fourth-order valence-corrected chi connectivity index (χ4v) is 3.08. The molecule has 0 fully saturated rings. The Balaban J connectivity index is 1.49. The van der Waals surface area contributed by atoms with Gasteiger partial charge in [-0.25, -0.2) is 9.97 Å². The van der Waals surface area contributed by atoms with E-state index in [0.717, 1.165) is 23.5 Å². The van der Waals surface area contributed by atoms with Crippen LogP contribution in [0.3, 0.4) is 0 Å². The van der Waals surface area contributed by atoms with Gasteiger partial charge in [0.2, 0.25) is 5.91 Å². The average Bonchev–Trinajstić information content (AvgIpc) is 3.31. The van der Waals surface area contributed by atoms with E-state index in [1.165, 1.54) is 0 Å². The van der Waals surface area contributed by atoms with Crippen molar-refractivity contribution in [2.45, 2.75) is 13.3 Å². The lowest BCUT2D eigenvalue weighted by Gasteiger charge is -2.14. The first-order chi connectivity index (χ1) is 12.6. The molecule has 1 aliphatic heterocycles. The molecule has 4 rings (SSSR count). The second-order valence-electron chi connectivity index (χ2n) is 6.09. The molecule has 0 aliphatic carbocycles. The second kappa shape index (κ2) is 6.44. The zero-order chi connectivity index (χ0) is 18.1. The van der Waals surface area contributed by atoms with E-state index < -0.39 is 0 Å². The van der Waals surface area contributed by atoms with E-state index in [2.05, 4.69) is 15.3 Å². The van der Waals surface area contributed by atoms with Crippen molar-refractivity contribution in [3.8, 4) is 5.82 Å². The number of aromatic nitrogens is 3. The van der Waals surface area contributed by atoms with Crippen LogP contribution in [-0.4, -0.2) is 32.9 Å². The van der Waals surface area contributed by atoms with Crippen LogP contribution in [0, 0.1) is 0 Å². The van der Waals surface area contributed by atoms with Crippen molar-refractivity contribution >= 4 is 23.2 Å². The largest absolute Gasteiger partial charge is 0.321 e. The maximum Gasteiger partial charge on any atom is 0.255 e. The molecule has 7 nitrogen and oxygen atoms in total. The molecule has 0 bridgehead atoms. The van der Waals surface area contributed by atoms with Crippen LogP contribution in [0.5, 0.6) is 0 Å². The van der Waals surface area contributed by atoms with Gasteiger partial charge in [-0.1, -0.05) is 0 Å². The topological polar surface area (TPSA) is 80.1 Å². The molecule has 2 amide bonds. The number of nitrogens with zero attached hydrogens (tertiary/aromatic N) is 4. The van der Waals surface area contributed by atoms with Gasteiger partial charge in [-0.3, -0.25) is 14.2 Å². The molecule has 1 N–H and O–H groups in total. The molecule has 130 valence electrons. The molecule has 1 aromatic carbocycles. The number of nitrogens with one attached hydrogen (secondary N) is 1. The SMILES string of the molecule is CC(=O)N1CCc2cc(C(=O)Nc3ccc(-n4ccnc4)nc3)ccc21. The Morgan fingerprint density at radius 2 is 2.08 bits per heavy atom. The molecule has 3 heterocycles. The van der Waals surface area contributed by atoms with Crippen molar-refractivity contribution in [3.63, 3.8) is 0 Å². The Bertz CT molecular complexity index is 964. The monoisotopic (exact) mass is 347 g/mol. The summed E-state index contributed by atoms with van der Waals surface area (Å²) in [6.07, 6.45) is 7.51. The number of rotatable bonds is 3. The van der Waals surface area contributed by atoms with Crippen molar-refractivity contribution < 1.29 is 9.59 Å². The van der Waals surface area contributed by atoms with Crippen LogP contribution >= 0.6 is 0 Å². The van der Waals surface area contributed by atoms with E-state index in [9.17, 15) is 9.59 Å². The Hall–Kier alpha value is -3.48. The molecule has 0 unspecified atom stereocenters. The minimum absolute atomic E-state index is 0.0185. The number of fused-ring (bicyclic) bond motifs is 1. The third kappa shape index (κ3) is 2.95. The summed E-state index contributed by atoms with van der Waals surface area (Å²) >= 11 is 0. The lowest BCUT2D eigenvalue weighted by molar-refractivity contribution is -0.116. The second-order valence-corrected chi connectivity index (χ2v) is 6.09. The molecule has 0 atom stereocenters.